The van der Waals surface area contributed by atoms with Crippen LogP contribution in [0.2, 0.25) is 0 Å². The van der Waals surface area contributed by atoms with E-state index in [1.807, 2.05) is 24.3 Å². The number of benzene rings is 1. The molecule has 1 saturated heterocycles. The zero-order valence-electron chi connectivity index (χ0n) is 10.2. The minimum atomic E-state index is -0.798. The van der Waals surface area contributed by atoms with Crippen LogP contribution in [-0.2, 0) is 4.79 Å². The van der Waals surface area contributed by atoms with Crippen molar-refractivity contribution in [2.45, 2.75) is 8.48 Å². The predicted octanol–water partition coefficient (Wildman–Crippen LogP) is 3.71. The Balaban J connectivity index is 2.30. The van der Waals surface area contributed by atoms with Crippen LogP contribution in [0.3, 0.4) is 0 Å². The molecule has 0 radical (unpaired) electrons. The maximum atomic E-state index is 12.3. The number of ether oxygens (including phenoxy) is 1. The zero-order valence-corrected chi connectivity index (χ0v) is 15.0. The van der Waals surface area contributed by atoms with Gasteiger partial charge in [-0.25, -0.2) is 0 Å². The SMILES string of the molecule is COc1ccc(C(Br)C2(Br)SC(=S)N(C)C2=O)cc1. The molecule has 0 aliphatic carbocycles. The fraction of sp³-hybridized carbons (Fsp3) is 0.333. The second-order valence-corrected chi connectivity index (χ2v) is 8.58. The number of rotatable bonds is 3. The summed E-state index contributed by atoms with van der Waals surface area (Å²) < 4.78 is 4.90. The fourth-order valence-corrected chi connectivity index (χ4v) is 5.21. The molecule has 1 heterocycles. The van der Waals surface area contributed by atoms with E-state index in [2.05, 4.69) is 31.9 Å². The van der Waals surface area contributed by atoms with E-state index in [0.717, 1.165) is 11.3 Å². The van der Waals surface area contributed by atoms with Gasteiger partial charge >= 0.3 is 0 Å². The first kappa shape index (κ1) is 15.3. The summed E-state index contributed by atoms with van der Waals surface area (Å²) in [5.41, 5.74) is 0.983. The number of thiocarbonyl (C=S) groups is 1. The lowest BCUT2D eigenvalue weighted by Gasteiger charge is -2.24. The second kappa shape index (κ2) is 5.71. The molecule has 3 nitrogen and oxygen atoms in total. The van der Waals surface area contributed by atoms with Crippen molar-refractivity contribution in [2.24, 2.45) is 0 Å². The Kier molecular flexibility index (Phi) is 4.59. The number of carbonyl (C=O) groups excluding carboxylic acids is 1. The molecule has 0 bridgehead atoms. The molecule has 0 N–H and O–H groups in total. The summed E-state index contributed by atoms with van der Waals surface area (Å²) in [6.45, 7) is 0. The molecule has 2 rings (SSSR count). The molecule has 7 heteroatoms. The summed E-state index contributed by atoms with van der Waals surface area (Å²) >= 11 is 13.6. The van der Waals surface area contributed by atoms with E-state index in [-0.39, 0.29) is 10.7 Å². The Labute approximate surface area is 138 Å². The van der Waals surface area contributed by atoms with Crippen molar-refractivity contribution in [3.05, 3.63) is 29.8 Å². The number of thioether (sulfide) groups is 1. The Hall–Kier alpha value is -0.110. The van der Waals surface area contributed by atoms with Crippen molar-refractivity contribution in [2.75, 3.05) is 14.2 Å². The lowest BCUT2D eigenvalue weighted by atomic mass is 10.1. The Morgan fingerprint density at radius 1 is 1.42 bits per heavy atom. The van der Waals surface area contributed by atoms with Crippen molar-refractivity contribution < 1.29 is 9.53 Å². The molecule has 0 spiro atoms. The van der Waals surface area contributed by atoms with Gasteiger partial charge in [-0.15, -0.1) is 0 Å². The minimum Gasteiger partial charge on any atom is -0.497 e. The number of hydrogen-bond acceptors (Lipinski definition) is 4. The molecule has 102 valence electrons. The highest BCUT2D eigenvalue weighted by atomic mass is 79.9. The lowest BCUT2D eigenvalue weighted by Crippen LogP contribution is -2.35. The molecule has 1 aliphatic rings. The van der Waals surface area contributed by atoms with Crippen LogP contribution in [0, 0.1) is 0 Å². The number of halogens is 2. The summed E-state index contributed by atoms with van der Waals surface area (Å²) in [6.07, 6.45) is 0. The van der Waals surface area contributed by atoms with Gasteiger partial charge in [-0.2, -0.15) is 0 Å². The highest BCUT2D eigenvalue weighted by Gasteiger charge is 2.52. The third-order valence-electron chi connectivity index (χ3n) is 2.84. The first-order chi connectivity index (χ1) is 8.90. The van der Waals surface area contributed by atoms with Crippen molar-refractivity contribution in [3.8, 4) is 5.75 Å². The molecule has 1 aromatic rings. The lowest BCUT2D eigenvalue weighted by molar-refractivity contribution is -0.125. The van der Waals surface area contributed by atoms with Gasteiger partial charge in [0.15, 0.2) is 3.66 Å². The summed E-state index contributed by atoms with van der Waals surface area (Å²) in [4.78, 5) is 13.6. The van der Waals surface area contributed by atoms with E-state index in [9.17, 15) is 4.79 Å². The van der Waals surface area contributed by atoms with Crippen molar-refractivity contribution >= 4 is 66.1 Å². The predicted molar refractivity (Wildman–Crippen MR) is 89.3 cm³/mol. The zero-order chi connectivity index (χ0) is 14.2. The van der Waals surface area contributed by atoms with Crippen molar-refractivity contribution in [1.29, 1.82) is 0 Å². The van der Waals surface area contributed by atoms with Crippen LogP contribution in [0.4, 0.5) is 0 Å². The molecule has 2 unspecified atom stereocenters. The smallest absolute Gasteiger partial charge is 0.256 e. The van der Waals surface area contributed by atoms with E-state index < -0.39 is 3.66 Å². The van der Waals surface area contributed by atoms with Crippen molar-refractivity contribution in [1.82, 2.24) is 4.90 Å². The summed E-state index contributed by atoms with van der Waals surface area (Å²) in [5.74, 6) is 0.727. The van der Waals surface area contributed by atoms with Crippen LogP contribution in [0.1, 0.15) is 10.4 Å². The van der Waals surface area contributed by atoms with Gasteiger partial charge in [-0.3, -0.25) is 9.69 Å². The first-order valence-electron chi connectivity index (χ1n) is 5.38. The topological polar surface area (TPSA) is 29.5 Å². The molecule has 0 saturated carbocycles. The Morgan fingerprint density at radius 3 is 2.42 bits per heavy atom. The molecule has 1 aromatic carbocycles. The number of hydrogen-bond donors (Lipinski definition) is 0. The molecule has 2 atom stereocenters. The van der Waals surface area contributed by atoms with Gasteiger partial charge in [-0.1, -0.05) is 68.0 Å². The molecule has 1 fully saturated rings. The van der Waals surface area contributed by atoms with Gasteiger partial charge in [-0.05, 0) is 17.7 Å². The summed E-state index contributed by atoms with van der Waals surface area (Å²) in [5, 5.41) is 0. The number of nitrogens with zero attached hydrogens (tertiary/aromatic N) is 1. The largest absolute Gasteiger partial charge is 0.497 e. The molecular weight excluding hydrogens is 414 g/mol. The third-order valence-corrected chi connectivity index (χ3v) is 7.94. The van der Waals surface area contributed by atoms with Crippen LogP contribution in [0.15, 0.2) is 24.3 Å². The van der Waals surface area contributed by atoms with E-state index >= 15 is 0 Å². The van der Waals surface area contributed by atoms with E-state index in [4.69, 9.17) is 17.0 Å². The van der Waals surface area contributed by atoms with Gasteiger partial charge in [0, 0.05) is 7.05 Å². The average molecular weight is 425 g/mol. The van der Waals surface area contributed by atoms with Crippen LogP contribution >= 0.6 is 55.8 Å². The van der Waals surface area contributed by atoms with Crippen LogP contribution in [-0.4, -0.2) is 32.9 Å². The number of carbonyl (C=O) groups is 1. The van der Waals surface area contributed by atoms with Crippen LogP contribution in [0.25, 0.3) is 0 Å². The van der Waals surface area contributed by atoms with Crippen LogP contribution in [0.5, 0.6) is 5.75 Å². The van der Waals surface area contributed by atoms with Gasteiger partial charge in [0.25, 0.3) is 5.91 Å². The first-order valence-corrected chi connectivity index (χ1v) is 8.31. The number of amides is 1. The van der Waals surface area contributed by atoms with Gasteiger partial charge in [0.1, 0.15) is 10.1 Å². The van der Waals surface area contributed by atoms with Crippen LogP contribution < -0.4 is 4.74 Å². The fourth-order valence-electron chi connectivity index (χ4n) is 1.70. The van der Waals surface area contributed by atoms with Gasteiger partial charge < -0.3 is 4.74 Å². The van der Waals surface area contributed by atoms with Gasteiger partial charge in [0.05, 0.1) is 11.9 Å². The standard InChI is InChI=1S/C12H11Br2NO2S2/c1-15-10(16)12(14,19-11(15)18)9(13)7-3-5-8(17-2)6-4-7/h3-6,9H,1-2H3. The molecule has 1 amide bonds. The number of alkyl halides is 2. The Morgan fingerprint density at radius 2 is 2.00 bits per heavy atom. The summed E-state index contributed by atoms with van der Waals surface area (Å²) in [7, 11) is 3.31. The Bertz CT molecular complexity index is 523. The van der Waals surface area contributed by atoms with E-state index in [0.29, 0.717) is 4.32 Å². The highest BCUT2D eigenvalue weighted by Crippen LogP contribution is 2.53. The molecule has 0 aromatic heterocycles. The third kappa shape index (κ3) is 2.70. The quantitative estimate of drug-likeness (QED) is 0.546. The molecule has 1 aliphatic heterocycles. The monoisotopic (exact) mass is 423 g/mol. The highest BCUT2D eigenvalue weighted by molar-refractivity contribution is 9.14. The maximum Gasteiger partial charge on any atom is 0.256 e. The van der Waals surface area contributed by atoms with E-state index in [1.165, 1.54) is 16.7 Å². The average Bonchev–Trinajstić information content (AvgIpc) is 2.63. The summed E-state index contributed by atoms with van der Waals surface area (Å²) in [6, 6.07) is 7.59. The molecular formula is C12H11Br2NO2S2. The maximum absolute atomic E-state index is 12.3. The minimum absolute atomic E-state index is 0.0554. The second-order valence-electron chi connectivity index (χ2n) is 4.01. The van der Waals surface area contributed by atoms with E-state index in [1.54, 1.807) is 14.2 Å². The normalized spacial score (nSPS) is 24.7. The molecule has 19 heavy (non-hydrogen) atoms. The number of methoxy groups -OCH3 is 1. The van der Waals surface area contributed by atoms with Crippen molar-refractivity contribution in [3.63, 3.8) is 0 Å². The van der Waals surface area contributed by atoms with Gasteiger partial charge in [0.2, 0.25) is 0 Å².